The Morgan fingerprint density at radius 1 is 1.00 bits per heavy atom. The highest BCUT2D eigenvalue weighted by Crippen LogP contribution is 2.41. The molecule has 2 aliphatic rings. The van der Waals surface area contributed by atoms with Crippen LogP contribution in [0.3, 0.4) is 0 Å². The Balaban J connectivity index is 1.06. The Hall–Kier alpha value is -3.16. The maximum atomic E-state index is 13.1. The zero-order valence-electron chi connectivity index (χ0n) is 19.0. The molecule has 34 heavy (non-hydrogen) atoms. The molecule has 2 fully saturated rings. The van der Waals surface area contributed by atoms with E-state index in [-0.39, 0.29) is 11.6 Å². The van der Waals surface area contributed by atoms with Crippen molar-refractivity contribution in [3.63, 3.8) is 0 Å². The standard InChI is InChI=1S/C27H29FN4O2/c28-23-7-5-20(6-8-23)19-1-3-21(4-2-19)24-13-25(24)29-14-18-9-11-32(12-10-18)27-30-15-22(16-31-27)26(34)17-33/h1-8,15-16,18,24-25,29,33H,9-14,17H2. The van der Waals surface area contributed by atoms with Gasteiger partial charge in [-0.25, -0.2) is 14.4 Å². The summed E-state index contributed by atoms with van der Waals surface area (Å²) in [6.07, 6.45) is 6.32. The predicted molar refractivity (Wildman–Crippen MR) is 129 cm³/mol. The van der Waals surface area contributed by atoms with Crippen molar-refractivity contribution in [3.8, 4) is 11.1 Å². The number of aliphatic hydroxyl groups is 1. The molecule has 0 bridgehead atoms. The normalized spacial score (nSPS) is 20.4. The maximum Gasteiger partial charge on any atom is 0.225 e. The fourth-order valence-corrected chi connectivity index (χ4v) is 4.73. The molecular weight excluding hydrogens is 431 g/mol. The van der Waals surface area contributed by atoms with Gasteiger partial charge in [0.05, 0.1) is 5.56 Å². The molecule has 2 N–H and O–H groups in total. The highest BCUT2D eigenvalue weighted by molar-refractivity contribution is 5.96. The van der Waals surface area contributed by atoms with Crippen LogP contribution in [0.4, 0.5) is 10.3 Å². The van der Waals surface area contributed by atoms with Gasteiger partial charge in [0, 0.05) is 37.4 Å². The largest absolute Gasteiger partial charge is 0.388 e. The smallest absolute Gasteiger partial charge is 0.225 e. The van der Waals surface area contributed by atoms with Gasteiger partial charge >= 0.3 is 0 Å². The molecule has 1 saturated carbocycles. The number of carbonyl (C=O) groups is 1. The number of piperidine rings is 1. The second-order valence-corrected chi connectivity index (χ2v) is 9.27. The van der Waals surface area contributed by atoms with E-state index in [9.17, 15) is 9.18 Å². The van der Waals surface area contributed by atoms with Crippen LogP contribution in [-0.2, 0) is 0 Å². The molecule has 5 rings (SSSR count). The van der Waals surface area contributed by atoms with Crippen molar-refractivity contribution in [3.05, 3.63) is 77.9 Å². The minimum absolute atomic E-state index is 0.211. The van der Waals surface area contributed by atoms with Crippen LogP contribution in [0, 0.1) is 11.7 Å². The third kappa shape index (κ3) is 5.16. The molecule has 6 nitrogen and oxygen atoms in total. The van der Waals surface area contributed by atoms with Crippen molar-refractivity contribution in [1.82, 2.24) is 15.3 Å². The van der Waals surface area contributed by atoms with Crippen LogP contribution < -0.4 is 10.2 Å². The Bertz CT molecular complexity index is 1110. The van der Waals surface area contributed by atoms with Gasteiger partial charge in [-0.2, -0.15) is 0 Å². The van der Waals surface area contributed by atoms with Gasteiger partial charge in [0.2, 0.25) is 5.95 Å². The Labute approximate surface area is 198 Å². The molecule has 2 heterocycles. The number of ketones is 1. The topological polar surface area (TPSA) is 78.3 Å². The Kier molecular flexibility index (Phi) is 6.65. The number of Topliss-reactive ketones (excluding diaryl/α,β-unsaturated/α-hetero) is 1. The monoisotopic (exact) mass is 460 g/mol. The van der Waals surface area contributed by atoms with Gasteiger partial charge < -0.3 is 15.3 Å². The first-order chi connectivity index (χ1) is 16.6. The molecule has 1 saturated heterocycles. The number of aliphatic hydroxyl groups excluding tert-OH is 1. The van der Waals surface area contributed by atoms with Gasteiger partial charge in [-0.1, -0.05) is 36.4 Å². The number of anilines is 1. The quantitative estimate of drug-likeness (QED) is 0.498. The van der Waals surface area contributed by atoms with Crippen molar-refractivity contribution in [2.75, 3.05) is 31.1 Å². The molecular formula is C27H29FN4O2. The lowest BCUT2D eigenvalue weighted by atomic mass is 9.97. The van der Waals surface area contributed by atoms with Gasteiger partial charge in [0.15, 0.2) is 5.78 Å². The summed E-state index contributed by atoms with van der Waals surface area (Å²) < 4.78 is 13.1. The second kappa shape index (κ2) is 9.99. The first kappa shape index (κ1) is 22.6. The zero-order valence-corrected chi connectivity index (χ0v) is 19.0. The first-order valence-corrected chi connectivity index (χ1v) is 11.9. The number of benzene rings is 2. The van der Waals surface area contributed by atoms with Crippen LogP contribution >= 0.6 is 0 Å². The van der Waals surface area contributed by atoms with Crippen LogP contribution in [0.5, 0.6) is 0 Å². The van der Waals surface area contributed by atoms with Crippen molar-refractivity contribution in [2.24, 2.45) is 5.92 Å². The highest BCUT2D eigenvalue weighted by Gasteiger charge is 2.38. The van der Waals surface area contributed by atoms with Gasteiger partial charge in [-0.15, -0.1) is 0 Å². The van der Waals surface area contributed by atoms with E-state index in [1.807, 2.05) is 12.1 Å². The van der Waals surface area contributed by atoms with Crippen molar-refractivity contribution in [1.29, 1.82) is 0 Å². The number of nitrogens with one attached hydrogen (secondary N) is 1. The van der Waals surface area contributed by atoms with Crippen LogP contribution in [0.2, 0.25) is 0 Å². The molecule has 7 heteroatoms. The number of hydrogen-bond acceptors (Lipinski definition) is 6. The lowest BCUT2D eigenvalue weighted by molar-refractivity contribution is 0.0903. The molecule has 2 unspecified atom stereocenters. The van der Waals surface area contributed by atoms with E-state index in [0.717, 1.165) is 43.6 Å². The predicted octanol–water partition coefficient (Wildman–Crippen LogP) is 3.82. The summed E-state index contributed by atoms with van der Waals surface area (Å²) in [5, 5.41) is 12.7. The SMILES string of the molecule is O=C(CO)c1cnc(N2CCC(CNC3CC3c3ccc(-c4ccc(F)cc4)cc3)CC2)nc1. The van der Waals surface area contributed by atoms with E-state index in [1.54, 1.807) is 0 Å². The lowest BCUT2D eigenvalue weighted by Gasteiger charge is -2.32. The number of aromatic nitrogens is 2. The molecule has 1 aliphatic heterocycles. The number of hydrogen-bond donors (Lipinski definition) is 2. The average Bonchev–Trinajstić information content (AvgIpc) is 3.68. The van der Waals surface area contributed by atoms with Crippen LogP contribution in [0.25, 0.3) is 11.1 Å². The minimum atomic E-state index is -0.524. The van der Waals surface area contributed by atoms with Gasteiger partial charge in [-0.3, -0.25) is 4.79 Å². The summed E-state index contributed by atoms with van der Waals surface area (Å²) in [5.74, 6) is 1.27. The Morgan fingerprint density at radius 2 is 1.62 bits per heavy atom. The molecule has 0 amide bonds. The minimum Gasteiger partial charge on any atom is -0.388 e. The van der Waals surface area contributed by atoms with Gasteiger partial charge in [0.1, 0.15) is 12.4 Å². The summed E-state index contributed by atoms with van der Waals surface area (Å²) in [6.45, 7) is 2.30. The van der Waals surface area contributed by atoms with Gasteiger partial charge in [-0.05, 0) is 60.5 Å². The zero-order chi connectivity index (χ0) is 23.5. The van der Waals surface area contributed by atoms with Crippen LogP contribution in [0.1, 0.15) is 41.1 Å². The van der Waals surface area contributed by atoms with E-state index in [1.165, 1.54) is 36.5 Å². The number of carbonyl (C=O) groups excluding carboxylic acids is 1. The summed E-state index contributed by atoms with van der Waals surface area (Å²) in [6, 6.07) is 15.8. The Morgan fingerprint density at radius 3 is 2.24 bits per heavy atom. The third-order valence-corrected chi connectivity index (χ3v) is 6.98. The van der Waals surface area contributed by atoms with Crippen molar-refractivity contribution < 1.29 is 14.3 Å². The lowest BCUT2D eigenvalue weighted by Crippen LogP contribution is -2.38. The van der Waals surface area contributed by atoms with E-state index in [4.69, 9.17) is 5.11 Å². The van der Waals surface area contributed by atoms with E-state index in [0.29, 0.717) is 29.4 Å². The fraction of sp³-hybridized carbons (Fsp3) is 0.370. The first-order valence-electron chi connectivity index (χ1n) is 11.9. The molecule has 176 valence electrons. The molecule has 0 spiro atoms. The van der Waals surface area contributed by atoms with Crippen molar-refractivity contribution >= 4 is 11.7 Å². The average molecular weight is 461 g/mol. The van der Waals surface area contributed by atoms with E-state index >= 15 is 0 Å². The van der Waals surface area contributed by atoms with Gasteiger partial charge in [0.25, 0.3) is 0 Å². The van der Waals surface area contributed by atoms with Crippen LogP contribution in [0.15, 0.2) is 60.9 Å². The summed E-state index contributed by atoms with van der Waals surface area (Å²) >= 11 is 0. The maximum absolute atomic E-state index is 13.1. The molecule has 2 atom stereocenters. The highest BCUT2D eigenvalue weighted by atomic mass is 19.1. The summed E-state index contributed by atoms with van der Waals surface area (Å²) in [5.41, 5.74) is 3.84. The fourth-order valence-electron chi connectivity index (χ4n) is 4.73. The van der Waals surface area contributed by atoms with E-state index in [2.05, 4.69) is 44.5 Å². The number of rotatable bonds is 8. The molecule has 1 aliphatic carbocycles. The third-order valence-electron chi connectivity index (χ3n) is 6.98. The molecule has 1 aromatic heterocycles. The number of halogens is 1. The molecule has 3 aromatic rings. The van der Waals surface area contributed by atoms with E-state index < -0.39 is 6.61 Å². The summed E-state index contributed by atoms with van der Waals surface area (Å²) in [4.78, 5) is 22.3. The van der Waals surface area contributed by atoms with Crippen LogP contribution in [-0.4, -0.2) is 53.1 Å². The second-order valence-electron chi connectivity index (χ2n) is 9.27. The van der Waals surface area contributed by atoms with Crippen molar-refractivity contribution in [2.45, 2.75) is 31.2 Å². The molecule has 0 radical (unpaired) electrons. The molecule has 2 aromatic carbocycles. The summed E-state index contributed by atoms with van der Waals surface area (Å²) in [7, 11) is 0. The number of nitrogens with zero attached hydrogens (tertiary/aromatic N) is 3.